The number of aliphatic imine (C=N–C) groups is 1. The lowest BCUT2D eigenvalue weighted by atomic mass is 9.97. The molecule has 28 heavy (non-hydrogen) atoms. The highest BCUT2D eigenvalue weighted by atomic mass is 127. The molecule has 0 spiro atoms. The van der Waals surface area contributed by atoms with E-state index in [9.17, 15) is 0 Å². The third-order valence-electron chi connectivity index (χ3n) is 5.57. The van der Waals surface area contributed by atoms with Gasteiger partial charge < -0.3 is 19.7 Å². The largest absolute Gasteiger partial charge is 0.375 e. The molecule has 5 nitrogen and oxygen atoms in total. The van der Waals surface area contributed by atoms with Crippen LogP contribution in [0.3, 0.4) is 0 Å². The number of nitrogens with one attached hydrogen (secondary N) is 1. The van der Waals surface area contributed by atoms with E-state index in [1.165, 1.54) is 22.3 Å². The van der Waals surface area contributed by atoms with E-state index in [-0.39, 0.29) is 36.2 Å². The molecule has 0 saturated carbocycles. The van der Waals surface area contributed by atoms with E-state index >= 15 is 0 Å². The summed E-state index contributed by atoms with van der Waals surface area (Å²) in [6, 6.07) is 4.54. The Balaban J connectivity index is 0.00000280. The Bertz CT molecular complexity index is 636. The molecule has 3 rings (SSSR count). The first-order valence-corrected chi connectivity index (χ1v) is 10.4. The molecule has 6 heteroatoms. The lowest BCUT2D eigenvalue weighted by molar-refractivity contribution is -0.0817. The van der Waals surface area contributed by atoms with Crippen molar-refractivity contribution in [1.82, 2.24) is 10.2 Å². The number of benzene rings is 1. The fourth-order valence-corrected chi connectivity index (χ4v) is 4.29. The van der Waals surface area contributed by atoms with Gasteiger partial charge in [0, 0.05) is 32.8 Å². The fraction of sp³-hybridized carbons (Fsp3) is 0.682. The van der Waals surface area contributed by atoms with Crippen molar-refractivity contribution in [2.24, 2.45) is 4.99 Å². The molecule has 1 N–H and O–H groups in total. The van der Waals surface area contributed by atoms with Gasteiger partial charge >= 0.3 is 0 Å². The Hall–Kier alpha value is -0.860. The molecule has 2 unspecified atom stereocenters. The van der Waals surface area contributed by atoms with E-state index in [0.717, 1.165) is 64.6 Å². The molecular formula is C22H36IN3O2. The third-order valence-corrected chi connectivity index (χ3v) is 5.57. The summed E-state index contributed by atoms with van der Waals surface area (Å²) < 4.78 is 11.8. The highest BCUT2D eigenvalue weighted by molar-refractivity contribution is 14.0. The summed E-state index contributed by atoms with van der Waals surface area (Å²) in [5.74, 6) is 1.01. The van der Waals surface area contributed by atoms with Gasteiger partial charge in [0.25, 0.3) is 0 Å². The molecule has 0 amide bonds. The number of aryl methyl sites for hydroxylation is 3. The van der Waals surface area contributed by atoms with Crippen LogP contribution in [0.1, 0.15) is 42.0 Å². The monoisotopic (exact) mass is 501 g/mol. The first-order chi connectivity index (χ1) is 13.1. The van der Waals surface area contributed by atoms with E-state index in [2.05, 4.69) is 50.0 Å². The van der Waals surface area contributed by atoms with Gasteiger partial charge in [-0.3, -0.25) is 4.99 Å². The first-order valence-electron chi connectivity index (χ1n) is 10.4. The van der Waals surface area contributed by atoms with Crippen LogP contribution in [0.5, 0.6) is 0 Å². The zero-order valence-electron chi connectivity index (χ0n) is 17.8. The summed E-state index contributed by atoms with van der Waals surface area (Å²) in [6.45, 7) is 13.7. The molecule has 0 bridgehead atoms. The average Bonchev–Trinajstić information content (AvgIpc) is 3.18. The summed E-state index contributed by atoms with van der Waals surface area (Å²) in [5.41, 5.74) is 5.51. The summed E-state index contributed by atoms with van der Waals surface area (Å²) in [6.07, 6.45) is 3.64. The van der Waals surface area contributed by atoms with Gasteiger partial charge in [-0.05, 0) is 63.6 Å². The zero-order valence-corrected chi connectivity index (χ0v) is 20.1. The Labute approximate surface area is 187 Å². The SMILES string of the molecule is CCNC(=NCCc1c(C)cc(C)cc1C)N1CCOC(C2CCCO2)C1.I. The molecule has 2 saturated heterocycles. The van der Waals surface area contributed by atoms with Crippen LogP contribution < -0.4 is 5.32 Å². The Morgan fingerprint density at radius 2 is 1.86 bits per heavy atom. The smallest absolute Gasteiger partial charge is 0.194 e. The molecule has 1 aromatic carbocycles. The predicted octanol–water partition coefficient (Wildman–Crippen LogP) is 3.62. The normalized spacial score (nSPS) is 22.9. The second-order valence-electron chi connectivity index (χ2n) is 7.77. The van der Waals surface area contributed by atoms with Crippen molar-refractivity contribution in [3.63, 3.8) is 0 Å². The molecule has 2 aliphatic rings. The quantitative estimate of drug-likeness (QED) is 0.381. The van der Waals surface area contributed by atoms with E-state index < -0.39 is 0 Å². The maximum absolute atomic E-state index is 5.99. The van der Waals surface area contributed by atoms with Gasteiger partial charge in [0.05, 0.1) is 12.7 Å². The fourth-order valence-electron chi connectivity index (χ4n) is 4.29. The minimum absolute atomic E-state index is 0. The van der Waals surface area contributed by atoms with E-state index in [1.54, 1.807) is 0 Å². The molecule has 2 fully saturated rings. The van der Waals surface area contributed by atoms with Crippen molar-refractivity contribution in [2.75, 3.05) is 39.4 Å². The van der Waals surface area contributed by atoms with Crippen LogP contribution in [0.15, 0.2) is 17.1 Å². The van der Waals surface area contributed by atoms with Gasteiger partial charge in [-0.1, -0.05) is 17.7 Å². The van der Waals surface area contributed by atoms with Gasteiger partial charge in [-0.25, -0.2) is 0 Å². The molecule has 0 radical (unpaired) electrons. The number of hydrogen-bond acceptors (Lipinski definition) is 3. The summed E-state index contributed by atoms with van der Waals surface area (Å²) in [4.78, 5) is 7.27. The van der Waals surface area contributed by atoms with Crippen LogP contribution in [0.2, 0.25) is 0 Å². The van der Waals surface area contributed by atoms with Gasteiger partial charge in [0.15, 0.2) is 5.96 Å². The van der Waals surface area contributed by atoms with Crippen LogP contribution in [-0.2, 0) is 15.9 Å². The highest BCUT2D eigenvalue weighted by Gasteiger charge is 2.32. The first kappa shape index (κ1) is 23.4. The van der Waals surface area contributed by atoms with Gasteiger partial charge in [0.2, 0.25) is 0 Å². The molecular weight excluding hydrogens is 465 g/mol. The average molecular weight is 501 g/mol. The minimum atomic E-state index is 0. The van der Waals surface area contributed by atoms with Gasteiger partial charge in [-0.15, -0.1) is 24.0 Å². The lowest BCUT2D eigenvalue weighted by Crippen LogP contribution is -2.53. The summed E-state index contributed by atoms with van der Waals surface area (Å²) in [5, 5.41) is 3.47. The molecule has 0 aliphatic carbocycles. The number of rotatable bonds is 5. The molecule has 2 aliphatic heterocycles. The zero-order chi connectivity index (χ0) is 19.2. The van der Waals surface area contributed by atoms with Crippen LogP contribution >= 0.6 is 24.0 Å². The van der Waals surface area contributed by atoms with Crippen LogP contribution in [0.25, 0.3) is 0 Å². The molecule has 2 atom stereocenters. The predicted molar refractivity (Wildman–Crippen MR) is 126 cm³/mol. The lowest BCUT2D eigenvalue weighted by Gasteiger charge is -2.37. The van der Waals surface area contributed by atoms with Crippen molar-refractivity contribution < 1.29 is 9.47 Å². The van der Waals surface area contributed by atoms with Crippen molar-refractivity contribution in [2.45, 2.75) is 59.2 Å². The Kier molecular flexibility index (Phi) is 9.50. The summed E-state index contributed by atoms with van der Waals surface area (Å²) >= 11 is 0. The van der Waals surface area contributed by atoms with E-state index in [0.29, 0.717) is 0 Å². The third kappa shape index (κ3) is 6.07. The summed E-state index contributed by atoms with van der Waals surface area (Å²) in [7, 11) is 0. The topological polar surface area (TPSA) is 46.1 Å². The number of hydrogen-bond donors (Lipinski definition) is 1. The minimum Gasteiger partial charge on any atom is -0.375 e. The van der Waals surface area contributed by atoms with Crippen molar-refractivity contribution in [3.05, 3.63) is 34.4 Å². The van der Waals surface area contributed by atoms with Crippen LogP contribution in [0.4, 0.5) is 0 Å². The van der Waals surface area contributed by atoms with E-state index in [1.807, 2.05) is 0 Å². The number of ether oxygens (including phenoxy) is 2. The second-order valence-corrected chi connectivity index (χ2v) is 7.77. The van der Waals surface area contributed by atoms with Gasteiger partial charge in [-0.2, -0.15) is 0 Å². The maximum Gasteiger partial charge on any atom is 0.194 e. The maximum atomic E-state index is 5.99. The Morgan fingerprint density at radius 3 is 2.50 bits per heavy atom. The van der Waals surface area contributed by atoms with E-state index in [4.69, 9.17) is 14.5 Å². The molecule has 0 aromatic heterocycles. The highest BCUT2D eigenvalue weighted by Crippen LogP contribution is 2.21. The number of guanidine groups is 1. The van der Waals surface area contributed by atoms with Crippen molar-refractivity contribution in [3.8, 4) is 0 Å². The molecule has 2 heterocycles. The van der Waals surface area contributed by atoms with Crippen molar-refractivity contribution in [1.29, 1.82) is 0 Å². The number of halogens is 1. The van der Waals surface area contributed by atoms with Crippen molar-refractivity contribution >= 4 is 29.9 Å². The standard InChI is InChI=1S/C22H35N3O2.HI/c1-5-23-22(24-9-8-19-17(3)13-16(2)14-18(19)4)25-10-12-27-21(15-25)20-7-6-11-26-20;/h13-14,20-21H,5-12,15H2,1-4H3,(H,23,24);1H. The Morgan fingerprint density at radius 1 is 1.14 bits per heavy atom. The van der Waals surface area contributed by atoms with Crippen LogP contribution in [0, 0.1) is 20.8 Å². The molecule has 158 valence electrons. The number of nitrogens with zero attached hydrogens (tertiary/aromatic N) is 2. The second kappa shape index (κ2) is 11.4. The van der Waals surface area contributed by atoms with Gasteiger partial charge in [0.1, 0.15) is 6.10 Å². The number of morpholine rings is 1. The van der Waals surface area contributed by atoms with Crippen LogP contribution in [-0.4, -0.2) is 62.5 Å². The molecule has 1 aromatic rings.